The molecule has 0 spiro atoms. The van der Waals surface area contributed by atoms with Gasteiger partial charge in [0.15, 0.2) is 5.69 Å². The summed E-state index contributed by atoms with van der Waals surface area (Å²) in [5.74, 6) is 0.261. The van der Waals surface area contributed by atoms with E-state index in [0.717, 1.165) is 12.8 Å². The van der Waals surface area contributed by atoms with Crippen LogP contribution in [0, 0.1) is 12.5 Å². The molecule has 90 valence electrons. The van der Waals surface area contributed by atoms with Crippen LogP contribution in [0.15, 0.2) is 24.3 Å². The van der Waals surface area contributed by atoms with E-state index in [-0.39, 0.29) is 5.97 Å². The van der Waals surface area contributed by atoms with E-state index in [2.05, 4.69) is 18.7 Å². The van der Waals surface area contributed by atoms with Gasteiger partial charge in [-0.3, -0.25) is 0 Å². The Morgan fingerprint density at radius 2 is 2.06 bits per heavy atom. The Hall–Kier alpha value is -1.82. The van der Waals surface area contributed by atoms with Gasteiger partial charge >= 0.3 is 5.97 Å². The third-order valence-electron chi connectivity index (χ3n) is 2.77. The average Bonchev–Trinajstić information content (AvgIpc) is 2.38. The minimum absolute atomic E-state index is 0.315. The second-order valence-corrected chi connectivity index (χ2v) is 4.10. The summed E-state index contributed by atoms with van der Waals surface area (Å²) >= 11 is 0. The molecule has 1 aromatic rings. The van der Waals surface area contributed by atoms with Crippen molar-refractivity contribution in [1.29, 1.82) is 0 Å². The molecular formula is C14H17NO2. The van der Waals surface area contributed by atoms with Crippen LogP contribution in [-0.2, 0) is 4.74 Å². The third-order valence-corrected chi connectivity index (χ3v) is 2.77. The van der Waals surface area contributed by atoms with Crippen molar-refractivity contribution in [3.05, 3.63) is 41.2 Å². The van der Waals surface area contributed by atoms with Gasteiger partial charge in [0.2, 0.25) is 0 Å². The van der Waals surface area contributed by atoms with Crippen LogP contribution >= 0.6 is 0 Å². The Morgan fingerprint density at radius 3 is 2.59 bits per heavy atom. The lowest BCUT2D eigenvalue weighted by molar-refractivity contribution is 0.0485. The van der Waals surface area contributed by atoms with Crippen molar-refractivity contribution < 1.29 is 9.53 Å². The number of rotatable bonds is 5. The molecule has 0 unspecified atom stereocenters. The van der Waals surface area contributed by atoms with Crippen molar-refractivity contribution >= 4 is 11.7 Å². The maximum absolute atomic E-state index is 11.6. The van der Waals surface area contributed by atoms with Gasteiger partial charge < -0.3 is 4.74 Å². The molecule has 0 bridgehead atoms. The van der Waals surface area contributed by atoms with Crippen LogP contribution in [0.5, 0.6) is 0 Å². The smallest absolute Gasteiger partial charge is 0.338 e. The van der Waals surface area contributed by atoms with Crippen LogP contribution in [0.3, 0.4) is 0 Å². The number of hydrogen-bond acceptors (Lipinski definition) is 2. The molecule has 0 heterocycles. The quantitative estimate of drug-likeness (QED) is 0.569. The molecule has 0 saturated heterocycles. The summed E-state index contributed by atoms with van der Waals surface area (Å²) in [6.07, 6.45) is 1.99. The first-order valence-electron chi connectivity index (χ1n) is 5.82. The summed E-state index contributed by atoms with van der Waals surface area (Å²) in [7, 11) is 0. The van der Waals surface area contributed by atoms with Gasteiger partial charge in [-0.25, -0.2) is 9.64 Å². The van der Waals surface area contributed by atoms with E-state index in [1.165, 1.54) is 0 Å². The highest BCUT2D eigenvalue weighted by molar-refractivity contribution is 5.89. The van der Waals surface area contributed by atoms with Gasteiger partial charge in [0, 0.05) is 0 Å². The van der Waals surface area contributed by atoms with Crippen molar-refractivity contribution in [2.24, 2.45) is 5.92 Å². The molecule has 0 aliphatic rings. The topological polar surface area (TPSA) is 30.7 Å². The van der Waals surface area contributed by atoms with Gasteiger partial charge in [-0.05, 0) is 12.3 Å². The monoisotopic (exact) mass is 231 g/mol. The standard InChI is InChI=1S/C14H17NO2/c1-4-11(2)9-10-17-14(16)12-5-7-13(15-3)8-6-12/h5-8,11H,4,9-10H2,1-2H3/t11-/m1/s1. The predicted molar refractivity (Wildman–Crippen MR) is 67.1 cm³/mol. The second kappa shape index (κ2) is 6.70. The summed E-state index contributed by atoms with van der Waals surface area (Å²) in [6.45, 7) is 11.5. The molecule has 0 aromatic heterocycles. The normalized spacial score (nSPS) is 11.6. The number of ether oxygens (including phenoxy) is 1. The number of nitrogens with zero attached hydrogens (tertiary/aromatic N) is 1. The van der Waals surface area contributed by atoms with Crippen molar-refractivity contribution in [2.45, 2.75) is 26.7 Å². The van der Waals surface area contributed by atoms with Gasteiger partial charge in [0.25, 0.3) is 0 Å². The molecule has 3 nitrogen and oxygen atoms in total. The highest BCUT2D eigenvalue weighted by Crippen LogP contribution is 2.13. The van der Waals surface area contributed by atoms with Gasteiger partial charge in [-0.15, -0.1) is 0 Å². The van der Waals surface area contributed by atoms with Crippen LogP contribution in [0.2, 0.25) is 0 Å². The van der Waals surface area contributed by atoms with Crippen LogP contribution in [-0.4, -0.2) is 12.6 Å². The fourth-order valence-electron chi connectivity index (χ4n) is 1.31. The molecular weight excluding hydrogens is 214 g/mol. The number of carbonyl (C=O) groups excluding carboxylic acids is 1. The molecule has 1 rings (SSSR count). The largest absolute Gasteiger partial charge is 0.462 e. The summed E-state index contributed by atoms with van der Waals surface area (Å²) in [6, 6.07) is 6.49. The molecule has 0 N–H and O–H groups in total. The van der Waals surface area contributed by atoms with E-state index >= 15 is 0 Å². The summed E-state index contributed by atoms with van der Waals surface area (Å²) in [5, 5.41) is 0. The minimum atomic E-state index is -0.315. The SMILES string of the molecule is [C-]#[N+]c1ccc(C(=O)OCC[C@H](C)CC)cc1. The van der Waals surface area contributed by atoms with Crippen molar-refractivity contribution in [3.63, 3.8) is 0 Å². The lowest BCUT2D eigenvalue weighted by Crippen LogP contribution is -2.08. The number of carbonyl (C=O) groups is 1. The van der Waals surface area contributed by atoms with E-state index in [9.17, 15) is 4.79 Å². The molecule has 0 saturated carbocycles. The van der Waals surface area contributed by atoms with Crippen molar-refractivity contribution in [2.75, 3.05) is 6.61 Å². The van der Waals surface area contributed by atoms with E-state index in [0.29, 0.717) is 23.8 Å². The zero-order valence-electron chi connectivity index (χ0n) is 10.3. The van der Waals surface area contributed by atoms with Gasteiger partial charge in [0.05, 0.1) is 18.7 Å². The Bertz CT molecular complexity index is 403. The van der Waals surface area contributed by atoms with Crippen LogP contribution < -0.4 is 0 Å². The Labute approximate surface area is 102 Å². The Morgan fingerprint density at radius 1 is 1.41 bits per heavy atom. The highest BCUT2D eigenvalue weighted by Gasteiger charge is 2.07. The van der Waals surface area contributed by atoms with Gasteiger partial charge in [-0.2, -0.15) is 0 Å². The molecule has 1 aromatic carbocycles. The van der Waals surface area contributed by atoms with E-state index in [1.807, 2.05) is 0 Å². The predicted octanol–water partition coefficient (Wildman–Crippen LogP) is 3.83. The lowest BCUT2D eigenvalue weighted by atomic mass is 10.1. The maximum Gasteiger partial charge on any atom is 0.338 e. The molecule has 3 heteroatoms. The summed E-state index contributed by atoms with van der Waals surface area (Å²) in [4.78, 5) is 14.9. The second-order valence-electron chi connectivity index (χ2n) is 4.10. The lowest BCUT2D eigenvalue weighted by Gasteiger charge is -2.08. The van der Waals surface area contributed by atoms with Gasteiger partial charge in [0.1, 0.15) is 0 Å². The molecule has 0 radical (unpaired) electrons. The highest BCUT2D eigenvalue weighted by atomic mass is 16.5. The van der Waals surface area contributed by atoms with E-state index < -0.39 is 0 Å². The van der Waals surface area contributed by atoms with Crippen molar-refractivity contribution in [1.82, 2.24) is 0 Å². The third kappa shape index (κ3) is 4.28. The molecule has 1 atom stereocenters. The fraction of sp³-hybridized carbons (Fsp3) is 0.429. The number of esters is 1. The molecule has 0 amide bonds. The maximum atomic E-state index is 11.6. The zero-order chi connectivity index (χ0) is 12.7. The number of hydrogen-bond donors (Lipinski definition) is 0. The zero-order valence-corrected chi connectivity index (χ0v) is 10.3. The van der Waals surface area contributed by atoms with E-state index in [4.69, 9.17) is 11.3 Å². The molecule has 0 aliphatic heterocycles. The first kappa shape index (κ1) is 13.2. The summed E-state index contributed by atoms with van der Waals surface area (Å²) < 4.78 is 5.16. The van der Waals surface area contributed by atoms with E-state index in [1.54, 1.807) is 24.3 Å². The molecule has 0 fully saturated rings. The summed E-state index contributed by atoms with van der Waals surface area (Å²) in [5.41, 5.74) is 1.03. The molecule has 17 heavy (non-hydrogen) atoms. The first-order chi connectivity index (χ1) is 8.17. The first-order valence-corrected chi connectivity index (χ1v) is 5.82. The van der Waals surface area contributed by atoms with Gasteiger partial charge in [-0.1, -0.05) is 44.5 Å². The number of benzene rings is 1. The van der Waals surface area contributed by atoms with Crippen LogP contribution in [0.4, 0.5) is 5.69 Å². The van der Waals surface area contributed by atoms with Crippen molar-refractivity contribution in [3.8, 4) is 0 Å². The molecule has 0 aliphatic carbocycles. The van der Waals surface area contributed by atoms with Crippen LogP contribution in [0.1, 0.15) is 37.0 Å². The minimum Gasteiger partial charge on any atom is -0.462 e. The Balaban J connectivity index is 2.44. The van der Waals surface area contributed by atoms with Crippen LogP contribution in [0.25, 0.3) is 4.85 Å². The average molecular weight is 231 g/mol. The Kier molecular flexibility index (Phi) is 5.22. The fourth-order valence-corrected chi connectivity index (χ4v) is 1.31.